The highest BCUT2D eigenvalue weighted by Gasteiger charge is 2.39. The SMILES string of the molecule is C=CC(C/C=C\C)c1ccc(N(c2ccc(C3=CC=CC4CC34)cc2)c2ccc(-c3nc4ccccc4nc3-c3ccc(N(c4ccc(-c5ccccc5)cc4)c4ccc(-c5ccccc5)cc4)cc3)cc2)cc1. The minimum atomic E-state index is 0.249. The molecule has 4 nitrogen and oxygen atoms in total. The molecule has 0 N–H and O–H groups in total. The second-order valence-electron chi connectivity index (χ2n) is 19.3. The minimum Gasteiger partial charge on any atom is -0.311 e. The van der Waals surface area contributed by atoms with Crippen LogP contribution in [0.15, 0.2) is 274 Å². The van der Waals surface area contributed by atoms with Gasteiger partial charge in [-0.3, -0.25) is 0 Å². The van der Waals surface area contributed by atoms with Crippen molar-refractivity contribution in [1.29, 1.82) is 0 Å². The number of fused-ring (bicyclic) bond motifs is 2. The van der Waals surface area contributed by atoms with Crippen molar-refractivity contribution in [1.82, 2.24) is 9.97 Å². The zero-order valence-electron chi connectivity index (χ0n) is 41.5. The molecule has 1 aromatic heterocycles. The van der Waals surface area contributed by atoms with Gasteiger partial charge in [-0.25, -0.2) is 9.97 Å². The minimum absolute atomic E-state index is 0.249. The fourth-order valence-electron chi connectivity index (χ4n) is 10.5. The van der Waals surface area contributed by atoms with Gasteiger partial charge < -0.3 is 9.80 Å². The molecule has 0 spiro atoms. The van der Waals surface area contributed by atoms with E-state index in [0.717, 1.165) is 74.1 Å². The number of allylic oxidation sites excluding steroid dienone is 7. The standard InChI is InChI=1S/C70H56N4/c1-3-5-15-49(4-2)52-24-36-59(37-25-52)74(62-42-30-55(31-43-62)65-21-14-20-58-48-66(58)65)64-46-34-57(35-47-64)70-69(71-67-22-12-13-23-68(67)72-70)56-32-44-63(45-33-56)73(60-38-26-53(27-39-60)50-16-8-6-9-17-50)61-40-28-54(29-41-61)51-18-10-7-11-19-51/h3-14,16-47,49,58,66H,2,15,48H2,1H3/b5-3-. The summed E-state index contributed by atoms with van der Waals surface area (Å²) >= 11 is 0. The zero-order chi connectivity index (χ0) is 49.8. The van der Waals surface area contributed by atoms with Crippen LogP contribution in [-0.2, 0) is 0 Å². The van der Waals surface area contributed by atoms with Crippen LogP contribution in [0.25, 0.3) is 61.4 Å². The van der Waals surface area contributed by atoms with Gasteiger partial charge >= 0.3 is 0 Å². The van der Waals surface area contributed by atoms with Crippen molar-refractivity contribution >= 4 is 50.7 Å². The normalized spacial score (nSPS) is 15.1. The molecule has 0 amide bonds. The van der Waals surface area contributed by atoms with E-state index in [9.17, 15) is 0 Å². The third-order valence-corrected chi connectivity index (χ3v) is 14.7. The van der Waals surface area contributed by atoms with E-state index >= 15 is 0 Å². The van der Waals surface area contributed by atoms with Crippen molar-refractivity contribution in [2.24, 2.45) is 11.8 Å². The first-order valence-electron chi connectivity index (χ1n) is 25.8. The predicted molar refractivity (Wildman–Crippen MR) is 312 cm³/mol. The zero-order valence-corrected chi connectivity index (χ0v) is 41.5. The summed E-state index contributed by atoms with van der Waals surface area (Å²) in [6, 6.07) is 82.6. The maximum atomic E-state index is 5.34. The van der Waals surface area contributed by atoms with Crippen LogP contribution < -0.4 is 9.80 Å². The summed E-state index contributed by atoms with van der Waals surface area (Å²) in [5.74, 6) is 1.58. The molecule has 10 aromatic rings. The number of hydrogen-bond acceptors (Lipinski definition) is 4. The van der Waals surface area contributed by atoms with Gasteiger partial charge in [0, 0.05) is 51.2 Å². The summed E-state index contributed by atoms with van der Waals surface area (Å²) in [6.07, 6.45) is 15.4. The first kappa shape index (κ1) is 46.0. The Hall–Kier alpha value is -9.12. The van der Waals surface area contributed by atoms with Crippen LogP contribution in [-0.4, -0.2) is 9.97 Å². The summed E-state index contributed by atoms with van der Waals surface area (Å²) in [5, 5.41) is 0. The Morgan fingerprint density at radius 1 is 0.459 bits per heavy atom. The number of rotatable bonds is 15. The van der Waals surface area contributed by atoms with Crippen molar-refractivity contribution in [3.05, 3.63) is 285 Å². The van der Waals surface area contributed by atoms with Crippen LogP contribution in [0.3, 0.4) is 0 Å². The Balaban J connectivity index is 0.899. The van der Waals surface area contributed by atoms with E-state index in [0.29, 0.717) is 11.8 Å². The highest BCUT2D eigenvalue weighted by atomic mass is 15.1. The molecule has 4 heteroatoms. The van der Waals surface area contributed by atoms with Gasteiger partial charge in [0.25, 0.3) is 0 Å². The molecule has 1 saturated carbocycles. The van der Waals surface area contributed by atoms with Gasteiger partial charge in [-0.2, -0.15) is 0 Å². The molecule has 3 unspecified atom stereocenters. The second-order valence-corrected chi connectivity index (χ2v) is 19.3. The molecule has 3 atom stereocenters. The molecule has 2 aliphatic carbocycles. The summed E-state index contributed by atoms with van der Waals surface area (Å²) in [4.78, 5) is 15.4. The predicted octanol–water partition coefficient (Wildman–Crippen LogP) is 19.1. The second kappa shape index (κ2) is 20.5. The van der Waals surface area contributed by atoms with Gasteiger partial charge in [0.1, 0.15) is 0 Å². The van der Waals surface area contributed by atoms with Gasteiger partial charge in [-0.05, 0) is 155 Å². The highest BCUT2D eigenvalue weighted by molar-refractivity contribution is 5.89. The first-order chi connectivity index (χ1) is 36.6. The van der Waals surface area contributed by atoms with E-state index < -0.39 is 0 Å². The van der Waals surface area contributed by atoms with E-state index in [1.54, 1.807) is 0 Å². The molecule has 1 heterocycles. The highest BCUT2D eigenvalue weighted by Crippen LogP contribution is 2.51. The van der Waals surface area contributed by atoms with Gasteiger partial charge in [-0.1, -0.05) is 182 Å². The molecule has 12 rings (SSSR count). The van der Waals surface area contributed by atoms with Crippen molar-refractivity contribution in [3.8, 4) is 44.8 Å². The number of hydrogen-bond donors (Lipinski definition) is 0. The fraction of sp³-hybridized carbons (Fsp3) is 0.0857. The quantitative estimate of drug-likeness (QED) is 0.0959. The average molecular weight is 953 g/mol. The number of nitrogens with zero attached hydrogens (tertiary/aromatic N) is 4. The van der Waals surface area contributed by atoms with Crippen molar-refractivity contribution < 1.29 is 0 Å². The molecule has 0 aliphatic heterocycles. The van der Waals surface area contributed by atoms with Gasteiger partial charge in [0.15, 0.2) is 0 Å². The topological polar surface area (TPSA) is 32.3 Å². The monoisotopic (exact) mass is 952 g/mol. The van der Waals surface area contributed by atoms with Crippen molar-refractivity contribution in [3.63, 3.8) is 0 Å². The lowest BCUT2D eigenvalue weighted by Crippen LogP contribution is -2.10. The molecular formula is C70H56N4. The lowest BCUT2D eigenvalue weighted by Gasteiger charge is -2.27. The van der Waals surface area contributed by atoms with Gasteiger partial charge in [-0.15, -0.1) is 6.58 Å². The summed E-state index contributed by atoms with van der Waals surface area (Å²) in [5.41, 5.74) is 20.5. The third-order valence-electron chi connectivity index (χ3n) is 14.7. The summed E-state index contributed by atoms with van der Waals surface area (Å²) < 4.78 is 0. The largest absolute Gasteiger partial charge is 0.311 e. The number of benzene rings is 9. The maximum absolute atomic E-state index is 5.34. The Labute approximate surface area is 435 Å². The fourth-order valence-corrected chi connectivity index (χ4v) is 10.5. The number of anilines is 6. The molecule has 0 bridgehead atoms. The molecule has 74 heavy (non-hydrogen) atoms. The molecule has 1 fully saturated rings. The van der Waals surface area contributed by atoms with E-state index in [-0.39, 0.29) is 5.92 Å². The Bertz CT molecular complexity index is 3570. The molecule has 0 radical (unpaired) electrons. The van der Waals surface area contributed by atoms with Crippen LogP contribution in [0.1, 0.15) is 36.8 Å². The summed E-state index contributed by atoms with van der Waals surface area (Å²) in [7, 11) is 0. The van der Waals surface area contributed by atoms with Crippen molar-refractivity contribution in [2.45, 2.75) is 25.7 Å². The summed E-state index contributed by atoms with van der Waals surface area (Å²) in [6.45, 7) is 6.23. The molecule has 9 aromatic carbocycles. The first-order valence-corrected chi connectivity index (χ1v) is 25.8. The van der Waals surface area contributed by atoms with E-state index in [1.807, 2.05) is 24.3 Å². The molecular weight excluding hydrogens is 897 g/mol. The third kappa shape index (κ3) is 9.42. The smallest absolute Gasteiger partial charge is 0.0973 e. The van der Waals surface area contributed by atoms with Crippen LogP contribution >= 0.6 is 0 Å². The Morgan fingerprint density at radius 3 is 1.26 bits per heavy atom. The maximum Gasteiger partial charge on any atom is 0.0973 e. The Morgan fingerprint density at radius 2 is 0.838 bits per heavy atom. The van der Waals surface area contributed by atoms with Gasteiger partial charge in [0.2, 0.25) is 0 Å². The van der Waals surface area contributed by atoms with Crippen LogP contribution in [0.4, 0.5) is 34.1 Å². The lowest BCUT2D eigenvalue weighted by molar-refractivity contribution is 0.865. The van der Waals surface area contributed by atoms with Crippen LogP contribution in [0.5, 0.6) is 0 Å². The van der Waals surface area contributed by atoms with E-state index in [1.165, 1.54) is 45.4 Å². The average Bonchev–Trinajstić information content (AvgIpc) is 4.28. The van der Waals surface area contributed by atoms with E-state index in [2.05, 4.69) is 266 Å². The number of para-hydroxylation sites is 2. The molecule has 2 aliphatic rings. The van der Waals surface area contributed by atoms with Crippen LogP contribution in [0.2, 0.25) is 0 Å². The molecule has 356 valence electrons. The number of aromatic nitrogens is 2. The van der Waals surface area contributed by atoms with Crippen LogP contribution in [0, 0.1) is 11.8 Å². The molecule has 0 saturated heterocycles. The lowest BCUT2D eigenvalue weighted by atomic mass is 9.95. The van der Waals surface area contributed by atoms with E-state index in [4.69, 9.17) is 9.97 Å². The van der Waals surface area contributed by atoms with Gasteiger partial charge in [0.05, 0.1) is 22.4 Å². The Kier molecular flexibility index (Phi) is 12.8. The van der Waals surface area contributed by atoms with Crippen molar-refractivity contribution in [2.75, 3.05) is 9.80 Å².